The van der Waals surface area contributed by atoms with Crippen LogP contribution >= 0.6 is 0 Å². The van der Waals surface area contributed by atoms with Gasteiger partial charge < -0.3 is 10.1 Å². The second kappa shape index (κ2) is 6.69. The van der Waals surface area contributed by atoms with Crippen molar-refractivity contribution in [2.75, 3.05) is 6.61 Å². The maximum Gasteiger partial charge on any atom is 0.220 e. The van der Waals surface area contributed by atoms with Crippen LogP contribution in [0.2, 0.25) is 0 Å². The van der Waals surface area contributed by atoms with Crippen LogP contribution in [0.25, 0.3) is 0 Å². The fourth-order valence-corrected chi connectivity index (χ4v) is 1.37. The van der Waals surface area contributed by atoms with E-state index in [-0.39, 0.29) is 5.41 Å². The summed E-state index contributed by atoms with van der Waals surface area (Å²) >= 11 is 0. The predicted octanol–water partition coefficient (Wildman–Crippen LogP) is 2.79. The van der Waals surface area contributed by atoms with Crippen molar-refractivity contribution in [2.45, 2.75) is 53.6 Å². The quantitative estimate of drug-likeness (QED) is 0.844. The van der Waals surface area contributed by atoms with E-state index < -0.39 is 0 Å². The molecule has 0 fully saturated rings. The first-order valence-corrected chi connectivity index (χ1v) is 6.53. The number of ether oxygens (including phenoxy) is 1. The Morgan fingerprint density at radius 2 is 2.06 bits per heavy atom. The van der Waals surface area contributed by atoms with E-state index in [2.05, 4.69) is 49.9 Å². The molecule has 4 heteroatoms. The van der Waals surface area contributed by atoms with E-state index in [1.807, 2.05) is 6.20 Å². The van der Waals surface area contributed by atoms with Crippen molar-refractivity contribution in [1.82, 2.24) is 15.3 Å². The lowest BCUT2D eigenvalue weighted by Gasteiger charge is -2.18. The van der Waals surface area contributed by atoms with Crippen LogP contribution in [-0.2, 0) is 6.54 Å². The van der Waals surface area contributed by atoms with Crippen LogP contribution in [0, 0.1) is 5.41 Å². The van der Waals surface area contributed by atoms with E-state index in [9.17, 15) is 0 Å². The van der Waals surface area contributed by atoms with Gasteiger partial charge in [-0.1, -0.05) is 34.6 Å². The van der Waals surface area contributed by atoms with Crippen LogP contribution in [0.15, 0.2) is 12.5 Å². The predicted molar refractivity (Wildman–Crippen MR) is 73.6 cm³/mol. The first-order chi connectivity index (χ1) is 8.38. The smallest absolute Gasteiger partial charge is 0.220 e. The Bertz CT molecular complexity index is 358. The molecule has 1 aromatic rings. The molecule has 18 heavy (non-hydrogen) atoms. The first kappa shape index (κ1) is 14.9. The summed E-state index contributed by atoms with van der Waals surface area (Å²) in [5, 5.41) is 3.35. The molecule has 0 aliphatic rings. The Hall–Kier alpha value is -1.16. The molecular weight excluding hydrogens is 226 g/mol. The van der Waals surface area contributed by atoms with Crippen LogP contribution in [0.5, 0.6) is 5.88 Å². The van der Waals surface area contributed by atoms with E-state index in [1.165, 1.54) is 6.33 Å². The van der Waals surface area contributed by atoms with Gasteiger partial charge in [-0.05, 0) is 11.8 Å². The van der Waals surface area contributed by atoms with Gasteiger partial charge in [0, 0.05) is 24.3 Å². The summed E-state index contributed by atoms with van der Waals surface area (Å²) in [5.41, 5.74) is 1.30. The average Bonchev–Trinajstić information content (AvgIpc) is 2.26. The average molecular weight is 251 g/mol. The molecule has 0 saturated carbocycles. The summed E-state index contributed by atoms with van der Waals surface area (Å²) in [7, 11) is 0. The number of nitrogens with one attached hydrogen (secondary N) is 1. The molecule has 1 rings (SSSR count). The molecule has 1 N–H and O–H groups in total. The molecule has 0 unspecified atom stereocenters. The summed E-state index contributed by atoms with van der Waals surface area (Å²) in [6.07, 6.45) is 4.36. The monoisotopic (exact) mass is 251 g/mol. The molecule has 1 heterocycles. The van der Waals surface area contributed by atoms with Crippen molar-refractivity contribution >= 4 is 0 Å². The van der Waals surface area contributed by atoms with Gasteiger partial charge >= 0.3 is 0 Å². The Kier molecular flexibility index (Phi) is 5.54. The molecule has 0 radical (unpaired) electrons. The summed E-state index contributed by atoms with van der Waals surface area (Å²) in [6.45, 7) is 12.3. The van der Waals surface area contributed by atoms with E-state index in [4.69, 9.17) is 4.74 Å². The molecule has 0 aliphatic heterocycles. The van der Waals surface area contributed by atoms with Gasteiger partial charge in [-0.3, -0.25) is 0 Å². The van der Waals surface area contributed by atoms with Gasteiger partial charge in [0.15, 0.2) is 0 Å². The van der Waals surface area contributed by atoms with E-state index in [0.29, 0.717) is 18.5 Å². The molecule has 0 aliphatic carbocycles. The lowest BCUT2D eigenvalue weighted by Crippen LogP contribution is -2.22. The maximum absolute atomic E-state index is 5.75. The molecule has 1 aromatic heterocycles. The zero-order valence-electron chi connectivity index (χ0n) is 12.2. The van der Waals surface area contributed by atoms with Gasteiger partial charge in [0.1, 0.15) is 6.33 Å². The van der Waals surface area contributed by atoms with Crippen molar-refractivity contribution in [1.29, 1.82) is 0 Å². The Labute approximate surface area is 110 Å². The fraction of sp³-hybridized carbons (Fsp3) is 0.714. The van der Waals surface area contributed by atoms with E-state index >= 15 is 0 Å². The molecule has 0 spiro atoms. The number of rotatable bonds is 6. The fourth-order valence-electron chi connectivity index (χ4n) is 1.37. The van der Waals surface area contributed by atoms with Crippen molar-refractivity contribution in [3.8, 4) is 5.88 Å². The standard InChI is InChI=1S/C14H25N3O/c1-11(2)16-9-12-8-15-10-17-13(12)18-7-6-14(3,4)5/h8,10-11,16H,6-7,9H2,1-5H3. The highest BCUT2D eigenvalue weighted by Gasteiger charge is 2.11. The molecule has 0 saturated heterocycles. The number of nitrogens with zero attached hydrogens (tertiary/aromatic N) is 2. The number of hydrogen-bond donors (Lipinski definition) is 1. The third-order valence-corrected chi connectivity index (χ3v) is 2.54. The topological polar surface area (TPSA) is 47.0 Å². The Balaban J connectivity index is 2.53. The number of aromatic nitrogens is 2. The van der Waals surface area contributed by atoms with Gasteiger partial charge in [-0.25, -0.2) is 9.97 Å². The Morgan fingerprint density at radius 1 is 1.33 bits per heavy atom. The molecule has 102 valence electrons. The highest BCUT2D eigenvalue weighted by molar-refractivity contribution is 5.21. The van der Waals surface area contributed by atoms with Crippen molar-refractivity contribution in [3.63, 3.8) is 0 Å². The molecule has 4 nitrogen and oxygen atoms in total. The lowest BCUT2D eigenvalue weighted by molar-refractivity contribution is 0.233. The van der Waals surface area contributed by atoms with Crippen molar-refractivity contribution in [3.05, 3.63) is 18.1 Å². The summed E-state index contributed by atoms with van der Waals surface area (Å²) in [6, 6.07) is 0.438. The van der Waals surface area contributed by atoms with E-state index in [0.717, 1.165) is 18.5 Å². The van der Waals surface area contributed by atoms with Crippen molar-refractivity contribution in [2.24, 2.45) is 5.41 Å². The SMILES string of the molecule is CC(C)NCc1cncnc1OCCC(C)(C)C. The minimum absolute atomic E-state index is 0.281. The Morgan fingerprint density at radius 3 is 2.67 bits per heavy atom. The highest BCUT2D eigenvalue weighted by Crippen LogP contribution is 2.20. The van der Waals surface area contributed by atoms with Crippen LogP contribution in [0.4, 0.5) is 0 Å². The van der Waals surface area contributed by atoms with Crippen LogP contribution < -0.4 is 10.1 Å². The van der Waals surface area contributed by atoms with Gasteiger partial charge in [-0.15, -0.1) is 0 Å². The van der Waals surface area contributed by atoms with Gasteiger partial charge in [0.05, 0.1) is 6.61 Å². The van der Waals surface area contributed by atoms with Gasteiger partial charge in [-0.2, -0.15) is 0 Å². The second-order valence-corrected chi connectivity index (χ2v) is 6.05. The summed E-state index contributed by atoms with van der Waals surface area (Å²) in [5.74, 6) is 0.697. The molecule has 0 bridgehead atoms. The highest BCUT2D eigenvalue weighted by atomic mass is 16.5. The molecular formula is C14H25N3O. The third kappa shape index (κ3) is 5.96. The normalized spacial score (nSPS) is 11.9. The van der Waals surface area contributed by atoms with Gasteiger partial charge in [0.25, 0.3) is 0 Å². The van der Waals surface area contributed by atoms with Gasteiger partial charge in [0.2, 0.25) is 5.88 Å². The third-order valence-electron chi connectivity index (χ3n) is 2.54. The van der Waals surface area contributed by atoms with Crippen molar-refractivity contribution < 1.29 is 4.74 Å². The largest absolute Gasteiger partial charge is 0.477 e. The second-order valence-electron chi connectivity index (χ2n) is 6.05. The maximum atomic E-state index is 5.75. The molecule has 0 amide bonds. The summed E-state index contributed by atoms with van der Waals surface area (Å²) in [4.78, 5) is 8.25. The zero-order valence-corrected chi connectivity index (χ0v) is 12.2. The minimum Gasteiger partial charge on any atom is -0.477 e. The lowest BCUT2D eigenvalue weighted by atomic mass is 9.93. The zero-order chi connectivity index (χ0) is 13.6. The minimum atomic E-state index is 0.281. The van der Waals surface area contributed by atoms with Crippen LogP contribution in [-0.4, -0.2) is 22.6 Å². The molecule has 0 atom stereocenters. The summed E-state index contributed by atoms with van der Waals surface area (Å²) < 4.78 is 5.75. The van der Waals surface area contributed by atoms with E-state index in [1.54, 1.807) is 0 Å². The number of hydrogen-bond acceptors (Lipinski definition) is 4. The van der Waals surface area contributed by atoms with Crippen LogP contribution in [0.1, 0.15) is 46.6 Å². The van der Waals surface area contributed by atoms with Crippen LogP contribution in [0.3, 0.4) is 0 Å². The molecule has 0 aromatic carbocycles. The first-order valence-electron chi connectivity index (χ1n) is 6.53.